The molecule has 0 aliphatic carbocycles. The average Bonchev–Trinajstić information content (AvgIpc) is 2.95. The van der Waals surface area contributed by atoms with Crippen molar-refractivity contribution in [3.63, 3.8) is 0 Å². The lowest BCUT2D eigenvalue weighted by Gasteiger charge is -2.03. The Labute approximate surface area is 109 Å². The van der Waals surface area contributed by atoms with Crippen molar-refractivity contribution >= 4 is 0 Å². The van der Waals surface area contributed by atoms with Crippen LogP contribution in [0.3, 0.4) is 0 Å². The molecule has 0 saturated heterocycles. The molecule has 0 aliphatic heterocycles. The zero-order chi connectivity index (χ0) is 12.8. The molecule has 0 atom stereocenters. The van der Waals surface area contributed by atoms with Crippen molar-refractivity contribution in [3.8, 4) is 0 Å². The van der Waals surface area contributed by atoms with Crippen LogP contribution >= 0.6 is 0 Å². The van der Waals surface area contributed by atoms with E-state index in [1.807, 2.05) is 10.9 Å². The number of nitrogens with one attached hydrogen (secondary N) is 1. The van der Waals surface area contributed by atoms with E-state index in [1.165, 1.54) is 17.5 Å². The minimum atomic E-state index is 0.920. The molecule has 0 fully saturated rings. The van der Waals surface area contributed by atoms with E-state index in [-0.39, 0.29) is 0 Å². The van der Waals surface area contributed by atoms with Gasteiger partial charge >= 0.3 is 0 Å². The minimum Gasteiger partial charge on any atom is -0.354 e. The second-order valence-corrected chi connectivity index (χ2v) is 4.72. The van der Waals surface area contributed by atoms with Crippen molar-refractivity contribution in [2.45, 2.75) is 39.9 Å². The monoisotopic (exact) mass is 246 g/mol. The molecule has 0 saturated carbocycles. The molecule has 2 aromatic rings. The van der Waals surface area contributed by atoms with Crippen LogP contribution in [0.25, 0.3) is 0 Å². The summed E-state index contributed by atoms with van der Waals surface area (Å²) in [5, 5.41) is 7.70. The molecule has 1 N–H and O–H groups in total. The van der Waals surface area contributed by atoms with Gasteiger partial charge in [0.05, 0.1) is 12.7 Å². The molecule has 0 radical (unpaired) electrons. The van der Waals surface area contributed by atoms with E-state index in [9.17, 15) is 0 Å². The number of hydrogen-bond acceptors (Lipinski definition) is 2. The Morgan fingerprint density at radius 2 is 2.17 bits per heavy atom. The average molecular weight is 246 g/mol. The summed E-state index contributed by atoms with van der Waals surface area (Å²) >= 11 is 0. The summed E-state index contributed by atoms with van der Waals surface area (Å²) in [4.78, 5) is 0. The van der Waals surface area contributed by atoms with Crippen molar-refractivity contribution in [1.29, 1.82) is 0 Å². The highest BCUT2D eigenvalue weighted by molar-refractivity contribution is 5.09. The fourth-order valence-corrected chi connectivity index (χ4v) is 2.01. The maximum Gasteiger partial charge on any atom is 0.0534 e. The fourth-order valence-electron chi connectivity index (χ4n) is 2.01. The summed E-state index contributed by atoms with van der Waals surface area (Å²) in [6, 6.07) is 2.18. The highest BCUT2D eigenvalue weighted by Gasteiger charge is 1.97. The lowest BCUT2D eigenvalue weighted by atomic mass is 10.3. The Bertz CT molecular complexity index is 470. The van der Waals surface area contributed by atoms with Crippen molar-refractivity contribution in [3.05, 3.63) is 42.0 Å². The van der Waals surface area contributed by atoms with Gasteiger partial charge in [-0.3, -0.25) is 4.68 Å². The molecule has 0 amide bonds. The predicted octanol–water partition coefficient (Wildman–Crippen LogP) is 2.19. The molecule has 0 aromatic carbocycles. The zero-order valence-electron chi connectivity index (χ0n) is 11.3. The van der Waals surface area contributed by atoms with Gasteiger partial charge in [0.15, 0.2) is 0 Å². The molecule has 0 aliphatic rings. The Hall–Kier alpha value is -1.55. The first-order chi connectivity index (χ1) is 8.78. The summed E-state index contributed by atoms with van der Waals surface area (Å²) in [7, 11) is 0. The molecule has 0 unspecified atom stereocenters. The molecule has 2 aromatic heterocycles. The van der Waals surface area contributed by atoms with E-state index in [4.69, 9.17) is 0 Å². The summed E-state index contributed by atoms with van der Waals surface area (Å²) in [6.45, 7) is 8.16. The number of aryl methyl sites for hydroxylation is 2. The standard InChI is InChI=1S/C14H22N4/c1-3-6-17-7-4-14(12-17)10-15-5-8-18-11-13(2)9-16-18/h4,7,9,11-12,15H,3,5-6,8,10H2,1-2H3. The van der Waals surface area contributed by atoms with Crippen molar-refractivity contribution < 1.29 is 0 Å². The molecule has 0 spiro atoms. The largest absolute Gasteiger partial charge is 0.354 e. The Morgan fingerprint density at radius 3 is 2.89 bits per heavy atom. The van der Waals surface area contributed by atoms with Gasteiger partial charge in [-0.1, -0.05) is 6.92 Å². The van der Waals surface area contributed by atoms with Crippen LogP contribution in [0, 0.1) is 6.92 Å². The SMILES string of the molecule is CCCn1ccc(CNCCn2cc(C)cn2)c1. The first-order valence-electron chi connectivity index (χ1n) is 6.62. The van der Waals surface area contributed by atoms with Gasteiger partial charge in [0.25, 0.3) is 0 Å². The lowest BCUT2D eigenvalue weighted by Crippen LogP contribution is -2.19. The molecular formula is C14H22N4. The lowest BCUT2D eigenvalue weighted by molar-refractivity contribution is 0.554. The molecule has 98 valence electrons. The van der Waals surface area contributed by atoms with Crippen LogP contribution in [0.5, 0.6) is 0 Å². The molecule has 2 heterocycles. The molecule has 2 rings (SSSR count). The van der Waals surface area contributed by atoms with Crippen LogP contribution in [-0.2, 0) is 19.6 Å². The zero-order valence-corrected chi connectivity index (χ0v) is 11.3. The third-order valence-electron chi connectivity index (χ3n) is 2.90. The molecular weight excluding hydrogens is 224 g/mol. The fraction of sp³-hybridized carbons (Fsp3) is 0.500. The second kappa shape index (κ2) is 6.40. The van der Waals surface area contributed by atoms with Gasteiger partial charge in [-0.25, -0.2) is 0 Å². The number of hydrogen-bond donors (Lipinski definition) is 1. The highest BCUT2D eigenvalue weighted by Crippen LogP contribution is 2.01. The van der Waals surface area contributed by atoms with Crippen molar-refractivity contribution in [1.82, 2.24) is 19.7 Å². The van der Waals surface area contributed by atoms with E-state index in [0.29, 0.717) is 0 Å². The van der Waals surface area contributed by atoms with Crippen LogP contribution < -0.4 is 5.32 Å². The van der Waals surface area contributed by atoms with Crippen LogP contribution in [-0.4, -0.2) is 20.9 Å². The molecule has 0 bridgehead atoms. The van der Waals surface area contributed by atoms with Gasteiger partial charge in [-0.15, -0.1) is 0 Å². The number of aromatic nitrogens is 3. The van der Waals surface area contributed by atoms with Crippen LogP contribution in [0.1, 0.15) is 24.5 Å². The topological polar surface area (TPSA) is 34.8 Å². The van der Waals surface area contributed by atoms with Crippen LogP contribution in [0.4, 0.5) is 0 Å². The highest BCUT2D eigenvalue weighted by atomic mass is 15.3. The predicted molar refractivity (Wildman–Crippen MR) is 73.4 cm³/mol. The first-order valence-corrected chi connectivity index (χ1v) is 6.62. The van der Waals surface area contributed by atoms with E-state index < -0.39 is 0 Å². The first kappa shape index (κ1) is 12.9. The molecule has 4 nitrogen and oxygen atoms in total. The van der Waals surface area contributed by atoms with Gasteiger partial charge in [0.2, 0.25) is 0 Å². The van der Waals surface area contributed by atoms with Gasteiger partial charge in [-0.05, 0) is 30.5 Å². The Balaban J connectivity index is 1.68. The number of rotatable bonds is 7. The maximum absolute atomic E-state index is 4.26. The van der Waals surface area contributed by atoms with E-state index in [2.05, 4.69) is 53.5 Å². The van der Waals surface area contributed by atoms with Gasteiger partial charge in [-0.2, -0.15) is 5.10 Å². The quantitative estimate of drug-likeness (QED) is 0.760. The normalized spacial score (nSPS) is 11.0. The second-order valence-electron chi connectivity index (χ2n) is 4.72. The summed E-state index contributed by atoms with van der Waals surface area (Å²) < 4.78 is 4.22. The van der Waals surface area contributed by atoms with Crippen molar-refractivity contribution in [2.24, 2.45) is 0 Å². The summed E-state index contributed by atoms with van der Waals surface area (Å²) in [6.07, 6.45) is 9.51. The van der Waals surface area contributed by atoms with Crippen molar-refractivity contribution in [2.75, 3.05) is 6.54 Å². The van der Waals surface area contributed by atoms with E-state index in [0.717, 1.165) is 26.2 Å². The smallest absolute Gasteiger partial charge is 0.0534 e. The van der Waals surface area contributed by atoms with Crippen LogP contribution in [0.2, 0.25) is 0 Å². The van der Waals surface area contributed by atoms with E-state index >= 15 is 0 Å². The van der Waals surface area contributed by atoms with Gasteiger partial charge in [0, 0.05) is 38.2 Å². The third kappa shape index (κ3) is 3.74. The Kier molecular flexibility index (Phi) is 4.59. The Morgan fingerprint density at radius 1 is 1.28 bits per heavy atom. The number of nitrogens with zero attached hydrogens (tertiary/aromatic N) is 3. The maximum atomic E-state index is 4.26. The summed E-state index contributed by atoms with van der Waals surface area (Å²) in [5.41, 5.74) is 2.56. The third-order valence-corrected chi connectivity index (χ3v) is 2.90. The van der Waals surface area contributed by atoms with Gasteiger partial charge < -0.3 is 9.88 Å². The van der Waals surface area contributed by atoms with Crippen LogP contribution in [0.15, 0.2) is 30.9 Å². The van der Waals surface area contributed by atoms with Gasteiger partial charge in [0.1, 0.15) is 0 Å². The molecule has 4 heteroatoms. The summed E-state index contributed by atoms with van der Waals surface area (Å²) in [5.74, 6) is 0. The van der Waals surface area contributed by atoms with E-state index in [1.54, 1.807) is 0 Å². The molecule has 18 heavy (non-hydrogen) atoms. The minimum absolute atomic E-state index is 0.920.